The van der Waals surface area contributed by atoms with Crippen LogP contribution in [0.3, 0.4) is 0 Å². The third-order valence-corrected chi connectivity index (χ3v) is 2.99. The van der Waals surface area contributed by atoms with Gasteiger partial charge >= 0.3 is 0 Å². The maximum Gasteiger partial charge on any atom is 0.255 e. The predicted octanol–water partition coefficient (Wildman–Crippen LogP) is 1.32. The molecule has 7 nitrogen and oxygen atoms in total. The Bertz CT molecular complexity index is 710. The van der Waals surface area contributed by atoms with Gasteiger partial charge in [-0.25, -0.2) is 4.98 Å². The number of hydrogen-bond donors (Lipinski definition) is 1. The minimum atomic E-state index is -0.518. The van der Waals surface area contributed by atoms with Gasteiger partial charge in [-0.05, 0) is 30.3 Å². The first-order valence-corrected chi connectivity index (χ1v) is 6.80. The van der Waals surface area contributed by atoms with Crippen LogP contribution in [0.5, 0.6) is 0 Å². The van der Waals surface area contributed by atoms with E-state index in [2.05, 4.69) is 16.9 Å². The van der Waals surface area contributed by atoms with Gasteiger partial charge < -0.3 is 14.5 Å². The molecule has 0 aliphatic heterocycles. The summed E-state index contributed by atoms with van der Waals surface area (Å²) in [7, 11) is 0. The molecule has 0 spiro atoms. The molecule has 1 N–H and O–H groups in total. The second-order valence-corrected chi connectivity index (χ2v) is 4.46. The highest BCUT2D eigenvalue weighted by Crippen LogP contribution is 2.17. The Morgan fingerprint density at radius 3 is 2.83 bits per heavy atom. The highest BCUT2D eigenvalue weighted by molar-refractivity contribution is 6.07. The largest absolute Gasteiger partial charge is 0.467 e. The van der Waals surface area contributed by atoms with E-state index in [1.807, 2.05) is 0 Å². The molecule has 0 fully saturated rings. The van der Waals surface area contributed by atoms with Crippen molar-refractivity contribution >= 4 is 23.9 Å². The van der Waals surface area contributed by atoms with Crippen molar-refractivity contribution in [1.82, 2.24) is 10.3 Å². The standard InChI is InChI=1S/C16H15N3O4/c1-2-14(21)19(8-9-20)15-13(6-3-7-17-15)16(22)18-11-12-5-4-10-23-12/h2-7,9-10H,1,8,11H2,(H,18,22). The van der Waals surface area contributed by atoms with Crippen molar-refractivity contribution in [2.45, 2.75) is 6.54 Å². The third kappa shape index (κ3) is 3.91. The topological polar surface area (TPSA) is 92.5 Å². The molecule has 0 bridgehead atoms. The van der Waals surface area contributed by atoms with E-state index in [0.717, 1.165) is 11.0 Å². The van der Waals surface area contributed by atoms with E-state index in [1.54, 1.807) is 18.2 Å². The summed E-state index contributed by atoms with van der Waals surface area (Å²) in [5.74, 6) is -0.259. The van der Waals surface area contributed by atoms with Gasteiger partial charge in [0.2, 0.25) is 0 Å². The van der Waals surface area contributed by atoms with Gasteiger partial charge in [-0.15, -0.1) is 0 Å². The smallest absolute Gasteiger partial charge is 0.255 e. The molecule has 0 aromatic carbocycles. The van der Waals surface area contributed by atoms with Crippen molar-refractivity contribution < 1.29 is 18.8 Å². The number of aldehydes is 1. The van der Waals surface area contributed by atoms with Gasteiger partial charge in [-0.2, -0.15) is 0 Å². The summed E-state index contributed by atoms with van der Waals surface area (Å²) >= 11 is 0. The zero-order valence-electron chi connectivity index (χ0n) is 12.3. The number of furan rings is 1. The van der Waals surface area contributed by atoms with Crippen LogP contribution in [0.2, 0.25) is 0 Å². The summed E-state index contributed by atoms with van der Waals surface area (Å²) in [6.45, 7) is 3.36. The lowest BCUT2D eigenvalue weighted by atomic mass is 10.2. The molecule has 0 saturated heterocycles. The average Bonchev–Trinajstić information content (AvgIpc) is 3.10. The number of hydrogen-bond acceptors (Lipinski definition) is 5. The quantitative estimate of drug-likeness (QED) is 0.615. The van der Waals surface area contributed by atoms with Crippen LogP contribution >= 0.6 is 0 Å². The lowest BCUT2D eigenvalue weighted by Crippen LogP contribution is -2.34. The van der Waals surface area contributed by atoms with E-state index < -0.39 is 11.8 Å². The summed E-state index contributed by atoms with van der Waals surface area (Å²) in [5, 5.41) is 2.67. The molecule has 2 aromatic heterocycles. The molecule has 0 aliphatic carbocycles. The van der Waals surface area contributed by atoms with Crippen LogP contribution in [0.25, 0.3) is 0 Å². The van der Waals surface area contributed by atoms with Gasteiger partial charge in [0, 0.05) is 6.20 Å². The highest BCUT2D eigenvalue weighted by atomic mass is 16.3. The van der Waals surface area contributed by atoms with Crippen molar-refractivity contribution in [2.24, 2.45) is 0 Å². The summed E-state index contributed by atoms with van der Waals surface area (Å²) in [5.41, 5.74) is 0.177. The van der Waals surface area contributed by atoms with Crippen molar-refractivity contribution in [3.05, 3.63) is 60.7 Å². The summed E-state index contributed by atoms with van der Waals surface area (Å²) in [6, 6.07) is 6.53. The first-order chi connectivity index (χ1) is 11.2. The summed E-state index contributed by atoms with van der Waals surface area (Å²) < 4.78 is 5.14. The maximum absolute atomic E-state index is 12.3. The van der Waals surface area contributed by atoms with E-state index in [1.165, 1.54) is 18.5 Å². The van der Waals surface area contributed by atoms with Gasteiger partial charge in [-0.3, -0.25) is 14.5 Å². The molecule has 2 amide bonds. The normalized spacial score (nSPS) is 9.91. The van der Waals surface area contributed by atoms with Crippen LogP contribution in [-0.2, 0) is 16.1 Å². The van der Waals surface area contributed by atoms with E-state index in [0.29, 0.717) is 12.0 Å². The van der Waals surface area contributed by atoms with Crippen LogP contribution in [0, 0.1) is 0 Å². The Balaban J connectivity index is 2.24. The van der Waals surface area contributed by atoms with Gasteiger partial charge in [0.05, 0.1) is 24.9 Å². The SMILES string of the molecule is C=CC(=O)N(CC=O)c1ncccc1C(=O)NCc1ccco1. The minimum absolute atomic E-state index is 0.0986. The molecule has 23 heavy (non-hydrogen) atoms. The molecule has 0 saturated carbocycles. The maximum atomic E-state index is 12.3. The number of carbonyl (C=O) groups excluding carboxylic acids is 3. The van der Waals surface area contributed by atoms with E-state index >= 15 is 0 Å². The van der Waals surface area contributed by atoms with Crippen LogP contribution in [-0.4, -0.2) is 29.6 Å². The Morgan fingerprint density at radius 1 is 1.35 bits per heavy atom. The number of nitrogens with one attached hydrogen (secondary N) is 1. The van der Waals surface area contributed by atoms with Crippen molar-refractivity contribution in [1.29, 1.82) is 0 Å². The number of carbonyl (C=O) groups is 3. The van der Waals surface area contributed by atoms with Crippen molar-refractivity contribution in [2.75, 3.05) is 11.4 Å². The van der Waals surface area contributed by atoms with Gasteiger partial charge in [0.25, 0.3) is 11.8 Å². The number of aromatic nitrogens is 1. The molecule has 2 rings (SSSR count). The van der Waals surface area contributed by atoms with Gasteiger partial charge in [0.1, 0.15) is 17.9 Å². The predicted molar refractivity (Wildman–Crippen MR) is 82.7 cm³/mol. The van der Waals surface area contributed by atoms with Crippen LogP contribution < -0.4 is 10.2 Å². The second kappa shape index (κ2) is 7.69. The zero-order chi connectivity index (χ0) is 16.7. The lowest BCUT2D eigenvalue weighted by molar-refractivity contribution is -0.116. The molecule has 2 aromatic rings. The number of nitrogens with zero attached hydrogens (tertiary/aromatic N) is 2. The third-order valence-electron chi connectivity index (χ3n) is 2.99. The lowest BCUT2D eigenvalue weighted by Gasteiger charge is -2.19. The fraction of sp³-hybridized carbons (Fsp3) is 0.125. The monoisotopic (exact) mass is 313 g/mol. The zero-order valence-corrected chi connectivity index (χ0v) is 12.3. The van der Waals surface area contributed by atoms with Crippen LogP contribution in [0.4, 0.5) is 5.82 Å². The fourth-order valence-electron chi connectivity index (χ4n) is 1.93. The molecular weight excluding hydrogens is 298 g/mol. The van der Waals surface area contributed by atoms with E-state index in [9.17, 15) is 14.4 Å². The summed E-state index contributed by atoms with van der Waals surface area (Å²) in [4.78, 5) is 40.2. The molecule has 7 heteroatoms. The Hall–Kier alpha value is -3.22. The molecule has 2 heterocycles. The molecule has 0 unspecified atom stereocenters. The van der Waals surface area contributed by atoms with E-state index in [4.69, 9.17) is 4.42 Å². The Labute approximate surface area is 132 Å². The average molecular weight is 313 g/mol. The fourth-order valence-corrected chi connectivity index (χ4v) is 1.93. The molecule has 118 valence electrons. The van der Waals surface area contributed by atoms with E-state index in [-0.39, 0.29) is 24.5 Å². The number of amides is 2. The number of pyridine rings is 1. The minimum Gasteiger partial charge on any atom is -0.467 e. The first kappa shape index (κ1) is 16.2. The van der Waals surface area contributed by atoms with Gasteiger partial charge in [-0.1, -0.05) is 6.58 Å². The molecule has 0 radical (unpaired) electrons. The summed E-state index contributed by atoms with van der Waals surface area (Å²) in [6.07, 6.45) is 4.56. The number of rotatable bonds is 7. The Morgan fingerprint density at radius 2 is 2.17 bits per heavy atom. The second-order valence-electron chi connectivity index (χ2n) is 4.46. The van der Waals surface area contributed by atoms with Gasteiger partial charge in [0.15, 0.2) is 0 Å². The Kier molecular flexibility index (Phi) is 5.40. The highest BCUT2D eigenvalue weighted by Gasteiger charge is 2.21. The van der Waals surface area contributed by atoms with Crippen molar-refractivity contribution in [3.8, 4) is 0 Å². The molecule has 0 atom stereocenters. The van der Waals surface area contributed by atoms with Crippen molar-refractivity contribution in [3.63, 3.8) is 0 Å². The van der Waals surface area contributed by atoms with Crippen LogP contribution in [0.15, 0.2) is 53.8 Å². The number of anilines is 1. The molecule has 0 aliphatic rings. The molecular formula is C16H15N3O4. The van der Waals surface area contributed by atoms with Crippen LogP contribution in [0.1, 0.15) is 16.1 Å². The first-order valence-electron chi connectivity index (χ1n) is 6.80.